The summed E-state index contributed by atoms with van der Waals surface area (Å²) in [6.45, 7) is 0. The number of carboxylic acid groups (broad SMARTS) is 1. The van der Waals surface area contributed by atoms with Crippen molar-refractivity contribution in [1.29, 1.82) is 0 Å². The van der Waals surface area contributed by atoms with Gasteiger partial charge in [-0.1, -0.05) is 12.8 Å². The third-order valence-corrected chi connectivity index (χ3v) is 7.64. The molecule has 0 unspecified atom stereocenters. The summed E-state index contributed by atoms with van der Waals surface area (Å²) in [5, 5.41) is 12.4. The van der Waals surface area contributed by atoms with Gasteiger partial charge in [-0.25, -0.2) is 13.2 Å². The Labute approximate surface area is 143 Å². The maximum atomic E-state index is 12.7. The minimum Gasteiger partial charge on any atom is -0.477 e. The van der Waals surface area contributed by atoms with Crippen LogP contribution in [0.15, 0.2) is 24.3 Å². The maximum Gasteiger partial charge on any atom is 0.345 e. The molecular weight excluding hydrogens is 350 g/mol. The van der Waals surface area contributed by atoms with E-state index in [1.54, 1.807) is 24.3 Å². The van der Waals surface area contributed by atoms with Gasteiger partial charge in [0, 0.05) is 16.6 Å². The molecule has 2 N–H and O–H groups in total. The molecule has 0 atom stereocenters. The zero-order valence-corrected chi connectivity index (χ0v) is 14.7. The van der Waals surface area contributed by atoms with E-state index in [2.05, 4.69) is 5.32 Å². The number of thiophene rings is 1. The van der Waals surface area contributed by atoms with Crippen LogP contribution >= 0.6 is 11.3 Å². The number of carboxylic acids is 1. The number of carbonyl (C=O) groups is 2. The van der Waals surface area contributed by atoms with E-state index in [4.69, 9.17) is 5.11 Å². The van der Waals surface area contributed by atoms with Crippen LogP contribution in [0.5, 0.6) is 0 Å². The number of hydrogen-bond donors (Lipinski definition) is 2. The second-order valence-electron chi connectivity index (χ2n) is 6.10. The molecule has 3 rings (SSSR count). The predicted molar refractivity (Wildman–Crippen MR) is 93.5 cm³/mol. The molecule has 0 saturated heterocycles. The lowest BCUT2D eigenvalue weighted by atomic mass is 10.1. The van der Waals surface area contributed by atoms with Gasteiger partial charge in [-0.05, 0) is 42.5 Å². The molecule has 8 heteroatoms. The molecule has 1 amide bonds. The molecule has 0 spiro atoms. The summed E-state index contributed by atoms with van der Waals surface area (Å²) < 4.78 is 23.7. The van der Waals surface area contributed by atoms with E-state index in [0.29, 0.717) is 36.8 Å². The number of carbonyl (C=O) groups excluding carboxylic acids is 1. The van der Waals surface area contributed by atoms with Crippen molar-refractivity contribution in [2.45, 2.75) is 30.4 Å². The Hall–Kier alpha value is -1.93. The van der Waals surface area contributed by atoms with Gasteiger partial charge in [0.15, 0.2) is 14.6 Å². The molecule has 2 aromatic rings. The molecule has 1 heterocycles. The number of nitrogens with one attached hydrogen (secondary N) is 1. The molecular formula is C16H17NO5S2. The van der Waals surface area contributed by atoms with Crippen LogP contribution in [0.1, 0.15) is 35.4 Å². The third-order valence-electron chi connectivity index (χ3n) is 4.52. The predicted octanol–water partition coefficient (Wildman–Crippen LogP) is 2.90. The molecule has 1 fully saturated rings. The summed E-state index contributed by atoms with van der Waals surface area (Å²) in [5.74, 6) is -1.50. The molecule has 6 nitrogen and oxygen atoms in total. The third kappa shape index (κ3) is 2.80. The minimum absolute atomic E-state index is 0.219. The number of aromatic carboxylic acids is 1. The lowest BCUT2D eigenvalue weighted by molar-refractivity contribution is -0.118. The van der Waals surface area contributed by atoms with E-state index in [1.165, 1.54) is 0 Å². The average molecular weight is 367 g/mol. The zero-order chi connectivity index (χ0) is 17.5. The summed E-state index contributed by atoms with van der Waals surface area (Å²) in [7, 11) is -3.52. The van der Waals surface area contributed by atoms with Crippen molar-refractivity contribution in [3.63, 3.8) is 0 Å². The molecule has 0 radical (unpaired) electrons. The largest absolute Gasteiger partial charge is 0.477 e. The number of sulfone groups is 1. The van der Waals surface area contributed by atoms with Crippen LogP contribution in [-0.2, 0) is 14.6 Å². The Morgan fingerprint density at radius 3 is 2.46 bits per heavy atom. The molecule has 0 bridgehead atoms. The molecule has 1 aliphatic rings. The van der Waals surface area contributed by atoms with Gasteiger partial charge in [0.1, 0.15) is 4.88 Å². The van der Waals surface area contributed by atoms with Crippen molar-refractivity contribution in [2.75, 3.05) is 11.6 Å². The Morgan fingerprint density at radius 1 is 1.21 bits per heavy atom. The lowest BCUT2D eigenvalue weighted by Gasteiger charge is -2.25. The molecule has 1 aliphatic carbocycles. The molecule has 1 aromatic carbocycles. The number of fused-ring (bicyclic) bond motifs is 1. The van der Waals surface area contributed by atoms with Crippen molar-refractivity contribution in [3.8, 4) is 0 Å². The topological polar surface area (TPSA) is 101 Å². The smallest absolute Gasteiger partial charge is 0.345 e. The van der Waals surface area contributed by atoms with Gasteiger partial charge in [0.25, 0.3) is 0 Å². The molecule has 1 saturated carbocycles. The normalized spacial score (nSPS) is 17.0. The summed E-state index contributed by atoms with van der Waals surface area (Å²) in [6, 6.07) is 6.60. The van der Waals surface area contributed by atoms with Crippen LogP contribution in [0, 0.1) is 0 Å². The van der Waals surface area contributed by atoms with Gasteiger partial charge >= 0.3 is 5.97 Å². The van der Waals surface area contributed by atoms with Gasteiger partial charge in [0.05, 0.1) is 0 Å². The fourth-order valence-electron chi connectivity index (χ4n) is 3.18. The maximum absolute atomic E-state index is 12.7. The first-order valence-corrected chi connectivity index (χ1v) is 10.2. The van der Waals surface area contributed by atoms with E-state index in [1.807, 2.05) is 0 Å². The molecule has 0 aliphatic heterocycles. The van der Waals surface area contributed by atoms with Crippen LogP contribution in [-0.4, -0.2) is 36.4 Å². The van der Waals surface area contributed by atoms with Gasteiger partial charge in [-0.15, -0.1) is 11.3 Å². The first-order chi connectivity index (χ1) is 11.2. The van der Waals surface area contributed by atoms with Crippen molar-refractivity contribution < 1.29 is 23.1 Å². The average Bonchev–Trinajstić information content (AvgIpc) is 3.13. The summed E-state index contributed by atoms with van der Waals surface area (Å²) in [5.41, 5.74) is 0.470. The lowest BCUT2D eigenvalue weighted by Crippen LogP contribution is -2.47. The standard InChI is InChI=1S/C16H17NO5S2/c1-24(21,22)16(6-2-3-7-16)15(20)17-11-4-5-12-10(8-11)9-13(23-12)14(18)19/h4-5,8-9H,2-3,6-7H2,1H3,(H,17,20)(H,18,19). The van der Waals surface area contributed by atoms with Crippen LogP contribution in [0.4, 0.5) is 5.69 Å². The van der Waals surface area contributed by atoms with Crippen molar-refractivity contribution in [2.24, 2.45) is 0 Å². The minimum atomic E-state index is -3.52. The highest BCUT2D eigenvalue weighted by Gasteiger charge is 2.49. The van der Waals surface area contributed by atoms with Crippen LogP contribution in [0.25, 0.3) is 10.1 Å². The number of rotatable bonds is 4. The summed E-state index contributed by atoms with van der Waals surface area (Å²) >= 11 is 1.15. The number of amides is 1. The van der Waals surface area contributed by atoms with E-state index in [0.717, 1.165) is 22.3 Å². The zero-order valence-electron chi connectivity index (χ0n) is 13.0. The fraction of sp³-hybridized carbons (Fsp3) is 0.375. The van der Waals surface area contributed by atoms with E-state index in [9.17, 15) is 18.0 Å². The Morgan fingerprint density at radius 2 is 1.88 bits per heavy atom. The monoisotopic (exact) mass is 367 g/mol. The van der Waals surface area contributed by atoms with Crippen LogP contribution in [0.3, 0.4) is 0 Å². The van der Waals surface area contributed by atoms with Gasteiger partial charge < -0.3 is 10.4 Å². The fourth-order valence-corrected chi connectivity index (χ4v) is 5.48. The van der Waals surface area contributed by atoms with Crippen molar-refractivity contribution >= 4 is 48.8 Å². The Bertz CT molecular complexity index is 923. The van der Waals surface area contributed by atoms with Crippen LogP contribution < -0.4 is 5.32 Å². The number of benzene rings is 1. The van der Waals surface area contributed by atoms with Gasteiger partial charge in [0.2, 0.25) is 5.91 Å². The number of hydrogen-bond acceptors (Lipinski definition) is 5. The quantitative estimate of drug-likeness (QED) is 0.865. The Balaban J connectivity index is 1.91. The Kier molecular flexibility index (Phi) is 4.13. The van der Waals surface area contributed by atoms with Crippen LogP contribution in [0.2, 0.25) is 0 Å². The SMILES string of the molecule is CS(=O)(=O)C1(C(=O)Nc2ccc3sc(C(=O)O)cc3c2)CCCC1. The second-order valence-corrected chi connectivity index (χ2v) is 9.51. The van der Waals surface area contributed by atoms with Gasteiger partial charge in [-0.3, -0.25) is 4.79 Å². The summed E-state index contributed by atoms with van der Waals surface area (Å²) in [6.07, 6.45) is 3.21. The highest BCUT2D eigenvalue weighted by atomic mass is 32.2. The highest BCUT2D eigenvalue weighted by molar-refractivity contribution is 7.92. The first kappa shape index (κ1) is 16.9. The summed E-state index contributed by atoms with van der Waals surface area (Å²) in [4.78, 5) is 23.9. The molecule has 24 heavy (non-hydrogen) atoms. The molecule has 128 valence electrons. The second kappa shape index (κ2) is 5.86. The van der Waals surface area contributed by atoms with E-state index >= 15 is 0 Å². The van der Waals surface area contributed by atoms with Crippen molar-refractivity contribution in [3.05, 3.63) is 29.1 Å². The van der Waals surface area contributed by atoms with Crippen molar-refractivity contribution in [1.82, 2.24) is 0 Å². The highest BCUT2D eigenvalue weighted by Crippen LogP contribution is 2.38. The van der Waals surface area contributed by atoms with E-state index < -0.39 is 26.5 Å². The van der Waals surface area contributed by atoms with Gasteiger partial charge in [-0.2, -0.15) is 0 Å². The molecule has 1 aromatic heterocycles. The number of anilines is 1. The first-order valence-electron chi connectivity index (χ1n) is 7.51. The van der Waals surface area contributed by atoms with E-state index in [-0.39, 0.29) is 4.88 Å².